The van der Waals surface area contributed by atoms with E-state index in [2.05, 4.69) is 34.0 Å². The van der Waals surface area contributed by atoms with Gasteiger partial charge in [0.2, 0.25) is 0 Å². The standard InChI is InChI=1S/C26H27F3N6O.CH3.Li/c1-3-34(4-2)15-19-7-8-20(12-22(19)26(27,28)29)33-25(36)18-6-5-17-9-10-35(23(17)11-18)16-21-13-32-24(30)14-31-21;;/h5-8,11-14H,1-4,9-10,15-16H2,(H2,30,32)(H,33,36);1H3;/q-2;-1;+1. The van der Waals surface area contributed by atoms with E-state index < -0.39 is 17.6 Å². The van der Waals surface area contributed by atoms with E-state index in [1.54, 1.807) is 23.2 Å². The van der Waals surface area contributed by atoms with Crippen molar-refractivity contribution in [2.45, 2.75) is 25.7 Å². The second-order valence-electron chi connectivity index (χ2n) is 8.55. The van der Waals surface area contributed by atoms with Gasteiger partial charge in [0.25, 0.3) is 5.91 Å². The SMILES string of the molecule is [CH2-]CN(C[CH2-])Cc1ccc(NC(=O)c2ccc3c(c2)N(Cc2cnc(N)cn2)CC3)cc1C(F)(F)F.[CH3-].[Li+]. The van der Waals surface area contributed by atoms with Crippen LogP contribution >= 0.6 is 0 Å². The zero-order chi connectivity index (χ0) is 25.9. The molecule has 4 rings (SSSR count). The molecule has 0 aliphatic carbocycles. The van der Waals surface area contributed by atoms with E-state index in [-0.39, 0.29) is 44.1 Å². The van der Waals surface area contributed by atoms with Crippen LogP contribution in [0, 0.1) is 21.3 Å². The minimum Gasteiger partial charge on any atom is -0.382 e. The molecule has 3 N–H and O–H groups in total. The first-order valence-corrected chi connectivity index (χ1v) is 11.4. The molecule has 0 saturated carbocycles. The fourth-order valence-electron chi connectivity index (χ4n) is 4.16. The number of fused-ring (bicyclic) bond motifs is 1. The smallest absolute Gasteiger partial charge is 0.382 e. The molecule has 1 amide bonds. The maximum atomic E-state index is 13.8. The van der Waals surface area contributed by atoms with Crippen LogP contribution in [0.1, 0.15) is 32.7 Å². The maximum Gasteiger partial charge on any atom is 1.00 e. The number of nitrogens with two attached hydrogens (primary N) is 1. The molecule has 198 valence electrons. The Bertz CT molecular complexity index is 1230. The first-order valence-electron chi connectivity index (χ1n) is 11.4. The van der Waals surface area contributed by atoms with Crippen molar-refractivity contribution in [2.75, 3.05) is 35.6 Å². The van der Waals surface area contributed by atoms with Crippen molar-refractivity contribution in [3.63, 3.8) is 0 Å². The third kappa shape index (κ3) is 7.28. The zero-order valence-electron chi connectivity index (χ0n) is 21.7. The van der Waals surface area contributed by atoms with E-state index >= 15 is 0 Å². The molecule has 2 aromatic carbocycles. The summed E-state index contributed by atoms with van der Waals surface area (Å²) < 4.78 is 41.3. The van der Waals surface area contributed by atoms with Gasteiger partial charge in [-0.05, 0) is 41.8 Å². The first kappa shape index (κ1) is 31.2. The molecule has 0 unspecified atom stereocenters. The van der Waals surface area contributed by atoms with Gasteiger partial charge in [0.1, 0.15) is 5.82 Å². The van der Waals surface area contributed by atoms with Gasteiger partial charge >= 0.3 is 25.0 Å². The van der Waals surface area contributed by atoms with E-state index in [0.29, 0.717) is 31.0 Å². The van der Waals surface area contributed by atoms with Gasteiger partial charge in [0, 0.05) is 30.0 Å². The van der Waals surface area contributed by atoms with Crippen molar-refractivity contribution in [3.8, 4) is 0 Å². The minimum absolute atomic E-state index is 0. The Kier molecular flexibility index (Phi) is 10.8. The number of anilines is 3. The second kappa shape index (κ2) is 13.1. The van der Waals surface area contributed by atoms with Crippen LogP contribution < -0.4 is 34.8 Å². The molecule has 0 bridgehead atoms. The monoisotopic (exact) mass is 518 g/mol. The van der Waals surface area contributed by atoms with Crippen LogP contribution in [-0.2, 0) is 25.7 Å². The molecular formula is C27H30F3LiN6O-2. The predicted octanol–water partition coefficient (Wildman–Crippen LogP) is 1.82. The van der Waals surface area contributed by atoms with Gasteiger partial charge in [-0.25, -0.2) is 4.98 Å². The van der Waals surface area contributed by atoms with Gasteiger partial charge in [-0.3, -0.25) is 9.78 Å². The molecule has 0 fully saturated rings. The molecule has 1 aliphatic heterocycles. The number of hydrogen-bond acceptors (Lipinski definition) is 6. The Morgan fingerprint density at radius 3 is 2.47 bits per heavy atom. The van der Waals surface area contributed by atoms with Crippen LogP contribution in [0.2, 0.25) is 0 Å². The number of halogens is 3. The van der Waals surface area contributed by atoms with E-state index in [9.17, 15) is 18.0 Å². The van der Waals surface area contributed by atoms with Crippen LogP contribution in [0.5, 0.6) is 0 Å². The molecule has 3 aromatic rings. The van der Waals surface area contributed by atoms with Crippen molar-refractivity contribution < 1.29 is 36.8 Å². The first-order chi connectivity index (χ1) is 17.2. The molecule has 1 aliphatic rings. The summed E-state index contributed by atoms with van der Waals surface area (Å²) in [7, 11) is 0. The number of alkyl halides is 3. The maximum absolute atomic E-state index is 13.8. The van der Waals surface area contributed by atoms with E-state index in [1.807, 2.05) is 6.07 Å². The molecule has 0 radical (unpaired) electrons. The third-order valence-electron chi connectivity index (χ3n) is 6.12. The summed E-state index contributed by atoms with van der Waals surface area (Å²) in [5, 5.41) is 2.61. The third-order valence-corrected chi connectivity index (χ3v) is 6.12. The summed E-state index contributed by atoms with van der Waals surface area (Å²) in [5.74, 6) is -0.154. The quantitative estimate of drug-likeness (QED) is 0.350. The van der Waals surface area contributed by atoms with Gasteiger partial charge in [-0.1, -0.05) is 12.1 Å². The van der Waals surface area contributed by atoms with Gasteiger partial charge in [0.05, 0.1) is 30.2 Å². The van der Waals surface area contributed by atoms with Crippen molar-refractivity contribution >= 4 is 23.1 Å². The number of aromatic nitrogens is 2. The fraction of sp³-hybridized carbons (Fsp3) is 0.259. The number of benzene rings is 2. The van der Waals surface area contributed by atoms with Crippen molar-refractivity contribution in [2.24, 2.45) is 0 Å². The van der Waals surface area contributed by atoms with Gasteiger partial charge < -0.3 is 42.1 Å². The minimum atomic E-state index is -4.57. The topological polar surface area (TPSA) is 87.4 Å². The zero-order valence-corrected chi connectivity index (χ0v) is 21.7. The summed E-state index contributed by atoms with van der Waals surface area (Å²) in [6.07, 6.45) is -0.651. The average Bonchev–Trinajstić information content (AvgIpc) is 3.25. The van der Waals surface area contributed by atoms with Crippen LogP contribution in [0.15, 0.2) is 48.8 Å². The fourth-order valence-corrected chi connectivity index (χ4v) is 4.16. The Morgan fingerprint density at radius 1 is 1.11 bits per heavy atom. The molecule has 0 spiro atoms. The average molecular weight is 519 g/mol. The van der Waals surface area contributed by atoms with Crippen molar-refractivity contribution in [1.82, 2.24) is 14.9 Å². The summed E-state index contributed by atoms with van der Waals surface area (Å²) in [6, 6.07) is 9.13. The van der Waals surface area contributed by atoms with Crippen LogP contribution in [-0.4, -0.2) is 40.4 Å². The summed E-state index contributed by atoms with van der Waals surface area (Å²) in [4.78, 5) is 25.1. The molecule has 38 heavy (non-hydrogen) atoms. The Morgan fingerprint density at radius 2 is 1.84 bits per heavy atom. The molecule has 7 nitrogen and oxygen atoms in total. The molecule has 1 aromatic heterocycles. The predicted molar refractivity (Wildman–Crippen MR) is 139 cm³/mol. The van der Waals surface area contributed by atoms with Crippen LogP contribution in [0.25, 0.3) is 0 Å². The Labute approximate surface area is 233 Å². The van der Waals surface area contributed by atoms with Gasteiger partial charge in [0.15, 0.2) is 0 Å². The molecular weight excluding hydrogens is 488 g/mol. The van der Waals surface area contributed by atoms with E-state index in [1.165, 1.54) is 18.3 Å². The van der Waals surface area contributed by atoms with Crippen molar-refractivity contribution in [1.29, 1.82) is 0 Å². The number of hydrogen-bond donors (Lipinski definition) is 2. The number of nitrogens with zero attached hydrogens (tertiary/aromatic N) is 4. The number of carbonyl (C=O) groups is 1. The molecule has 11 heteroatoms. The summed E-state index contributed by atoms with van der Waals surface area (Å²) >= 11 is 0. The number of nitrogen functional groups attached to an aromatic ring is 1. The number of carbonyl (C=O) groups excluding carboxylic acids is 1. The summed E-state index contributed by atoms with van der Waals surface area (Å²) in [6.45, 7) is 9.43. The van der Waals surface area contributed by atoms with E-state index in [0.717, 1.165) is 36.0 Å². The molecule has 2 heterocycles. The second-order valence-corrected chi connectivity index (χ2v) is 8.55. The van der Waals surface area contributed by atoms with Crippen LogP contribution in [0.3, 0.4) is 0 Å². The van der Waals surface area contributed by atoms with Gasteiger partial charge in [-0.15, -0.1) is 13.1 Å². The molecule has 0 saturated heterocycles. The van der Waals surface area contributed by atoms with Crippen molar-refractivity contribution in [3.05, 3.63) is 98.0 Å². The summed E-state index contributed by atoms with van der Waals surface area (Å²) in [5.41, 5.74) is 8.04. The number of nitrogens with one attached hydrogen (secondary N) is 1. The number of rotatable bonds is 8. The Balaban J connectivity index is 0.00000253. The number of amides is 1. The van der Waals surface area contributed by atoms with E-state index in [4.69, 9.17) is 5.73 Å². The van der Waals surface area contributed by atoms with Crippen LogP contribution in [0.4, 0.5) is 30.4 Å². The molecule has 0 atom stereocenters. The normalized spacial score (nSPS) is 12.5. The largest absolute Gasteiger partial charge is 1.00 e. The van der Waals surface area contributed by atoms with Gasteiger partial charge in [-0.2, -0.15) is 13.2 Å². The Hall–Kier alpha value is -3.06.